The lowest BCUT2D eigenvalue weighted by atomic mass is 10.1. The summed E-state index contributed by atoms with van der Waals surface area (Å²) in [6, 6.07) is 6.07. The Kier molecular flexibility index (Phi) is 4.04. The average molecular weight is 264 g/mol. The number of hydrogen-bond acceptors (Lipinski definition) is 5. The zero-order chi connectivity index (χ0) is 13.0. The maximum atomic E-state index is 5.30. The minimum atomic E-state index is 0.163. The van der Waals surface area contributed by atoms with E-state index in [1.54, 1.807) is 31.8 Å². The molecule has 1 N–H and O–H groups in total. The van der Waals surface area contributed by atoms with Gasteiger partial charge in [0.15, 0.2) is 16.6 Å². The lowest BCUT2D eigenvalue weighted by Crippen LogP contribution is -2.06. The Labute approximate surface area is 111 Å². The molecule has 0 aliphatic rings. The minimum absolute atomic E-state index is 0.163. The Hall–Kier alpha value is -1.75. The first kappa shape index (κ1) is 12.7. The van der Waals surface area contributed by atoms with Crippen LogP contribution in [-0.2, 0) is 0 Å². The maximum absolute atomic E-state index is 5.30. The van der Waals surface area contributed by atoms with Crippen molar-refractivity contribution >= 4 is 16.5 Å². The number of ether oxygens (including phenoxy) is 2. The Morgan fingerprint density at radius 3 is 2.61 bits per heavy atom. The first-order valence-electron chi connectivity index (χ1n) is 5.62. The summed E-state index contributed by atoms with van der Waals surface area (Å²) in [6.45, 7) is 2.09. The fourth-order valence-electron chi connectivity index (χ4n) is 1.69. The van der Waals surface area contributed by atoms with E-state index < -0.39 is 0 Å². The van der Waals surface area contributed by atoms with Crippen LogP contribution in [0.25, 0.3) is 0 Å². The second-order valence-electron chi connectivity index (χ2n) is 3.82. The first-order valence-corrected chi connectivity index (χ1v) is 6.50. The molecule has 0 aliphatic carbocycles. The van der Waals surface area contributed by atoms with Crippen molar-refractivity contribution in [2.75, 3.05) is 19.5 Å². The van der Waals surface area contributed by atoms with Crippen LogP contribution in [0.5, 0.6) is 11.5 Å². The smallest absolute Gasteiger partial charge is 0.183 e. The molecule has 0 saturated heterocycles. The molecular formula is C13H16N2O2S. The van der Waals surface area contributed by atoms with Gasteiger partial charge in [-0.15, -0.1) is 11.3 Å². The van der Waals surface area contributed by atoms with E-state index in [-0.39, 0.29) is 6.04 Å². The highest BCUT2D eigenvalue weighted by atomic mass is 32.1. The molecule has 2 rings (SSSR count). The third-order valence-electron chi connectivity index (χ3n) is 2.68. The van der Waals surface area contributed by atoms with E-state index in [0.29, 0.717) is 0 Å². The van der Waals surface area contributed by atoms with Crippen molar-refractivity contribution < 1.29 is 9.47 Å². The Bertz CT molecular complexity index is 500. The molecule has 5 heteroatoms. The van der Waals surface area contributed by atoms with Crippen molar-refractivity contribution in [1.82, 2.24) is 4.98 Å². The summed E-state index contributed by atoms with van der Waals surface area (Å²) in [6.07, 6.45) is 1.79. The predicted octanol–water partition coefficient (Wildman–Crippen LogP) is 3.33. The highest BCUT2D eigenvalue weighted by Crippen LogP contribution is 2.31. The summed E-state index contributed by atoms with van der Waals surface area (Å²) < 4.78 is 10.5. The number of aromatic nitrogens is 1. The molecule has 1 aromatic carbocycles. The molecule has 1 atom stereocenters. The summed E-state index contributed by atoms with van der Waals surface area (Å²) in [5.41, 5.74) is 1.13. The van der Waals surface area contributed by atoms with Crippen molar-refractivity contribution in [3.63, 3.8) is 0 Å². The molecule has 0 fully saturated rings. The summed E-state index contributed by atoms with van der Waals surface area (Å²) >= 11 is 1.59. The predicted molar refractivity (Wildman–Crippen MR) is 73.7 cm³/mol. The molecular weight excluding hydrogens is 248 g/mol. The number of benzene rings is 1. The molecule has 0 aliphatic heterocycles. The molecule has 1 heterocycles. The number of nitrogens with one attached hydrogen (secondary N) is 1. The second kappa shape index (κ2) is 5.73. The van der Waals surface area contributed by atoms with Crippen molar-refractivity contribution in [2.24, 2.45) is 0 Å². The van der Waals surface area contributed by atoms with E-state index in [0.717, 1.165) is 22.2 Å². The standard InChI is InChI=1S/C13H16N2O2S/c1-9(15-13-14-6-7-18-13)10-4-5-11(16-2)12(8-10)17-3/h4-9H,1-3H3,(H,14,15). The summed E-state index contributed by atoms with van der Waals surface area (Å²) in [5, 5.41) is 6.20. The van der Waals surface area contributed by atoms with Crippen LogP contribution in [0.3, 0.4) is 0 Å². The fourth-order valence-corrected chi connectivity index (χ4v) is 2.30. The van der Waals surface area contributed by atoms with E-state index in [2.05, 4.69) is 17.2 Å². The largest absolute Gasteiger partial charge is 0.493 e. The van der Waals surface area contributed by atoms with Crippen LogP contribution in [0.4, 0.5) is 5.13 Å². The van der Waals surface area contributed by atoms with Gasteiger partial charge in [-0.25, -0.2) is 4.98 Å². The Balaban J connectivity index is 2.17. The van der Waals surface area contributed by atoms with Crippen LogP contribution >= 0.6 is 11.3 Å². The molecule has 0 radical (unpaired) electrons. The highest BCUT2D eigenvalue weighted by molar-refractivity contribution is 7.13. The number of thiazole rings is 1. The lowest BCUT2D eigenvalue weighted by molar-refractivity contribution is 0.354. The fraction of sp³-hybridized carbons (Fsp3) is 0.308. The number of methoxy groups -OCH3 is 2. The second-order valence-corrected chi connectivity index (χ2v) is 4.71. The average Bonchev–Trinajstić information content (AvgIpc) is 2.90. The summed E-state index contributed by atoms with van der Waals surface area (Å²) in [5.74, 6) is 1.48. The van der Waals surface area contributed by atoms with Crippen LogP contribution in [0, 0.1) is 0 Å². The molecule has 4 nitrogen and oxygen atoms in total. The van der Waals surface area contributed by atoms with Gasteiger partial charge in [-0.1, -0.05) is 6.07 Å². The number of nitrogens with zero attached hydrogens (tertiary/aromatic N) is 1. The van der Waals surface area contributed by atoms with Crippen LogP contribution < -0.4 is 14.8 Å². The van der Waals surface area contributed by atoms with E-state index in [4.69, 9.17) is 9.47 Å². The van der Waals surface area contributed by atoms with Crippen molar-refractivity contribution in [3.8, 4) is 11.5 Å². The van der Waals surface area contributed by atoms with Gasteiger partial charge in [-0.2, -0.15) is 0 Å². The first-order chi connectivity index (χ1) is 8.74. The SMILES string of the molecule is COc1ccc(C(C)Nc2nccs2)cc1OC. The van der Waals surface area contributed by atoms with Crippen LogP contribution in [0.2, 0.25) is 0 Å². The molecule has 0 amide bonds. The summed E-state index contributed by atoms with van der Waals surface area (Å²) in [4.78, 5) is 4.21. The molecule has 18 heavy (non-hydrogen) atoms. The van der Waals surface area contributed by atoms with Gasteiger partial charge in [0.1, 0.15) is 0 Å². The highest BCUT2D eigenvalue weighted by Gasteiger charge is 2.10. The van der Waals surface area contributed by atoms with E-state index in [1.165, 1.54) is 0 Å². The third kappa shape index (κ3) is 2.73. The van der Waals surface area contributed by atoms with Crippen molar-refractivity contribution in [1.29, 1.82) is 0 Å². The normalized spacial score (nSPS) is 11.9. The lowest BCUT2D eigenvalue weighted by Gasteiger charge is -2.15. The maximum Gasteiger partial charge on any atom is 0.183 e. The molecule has 96 valence electrons. The Morgan fingerprint density at radius 2 is 2.00 bits per heavy atom. The van der Waals surface area contributed by atoms with Crippen molar-refractivity contribution in [2.45, 2.75) is 13.0 Å². The van der Waals surface area contributed by atoms with Crippen LogP contribution in [0.15, 0.2) is 29.8 Å². The van der Waals surface area contributed by atoms with E-state index in [9.17, 15) is 0 Å². The summed E-state index contributed by atoms with van der Waals surface area (Å²) in [7, 11) is 3.27. The third-order valence-corrected chi connectivity index (χ3v) is 3.38. The van der Waals surface area contributed by atoms with Gasteiger partial charge in [-0.05, 0) is 24.6 Å². The Morgan fingerprint density at radius 1 is 1.22 bits per heavy atom. The van der Waals surface area contributed by atoms with Gasteiger partial charge in [0.05, 0.1) is 20.3 Å². The van der Waals surface area contributed by atoms with Gasteiger partial charge in [0.25, 0.3) is 0 Å². The quantitative estimate of drug-likeness (QED) is 0.899. The van der Waals surface area contributed by atoms with Crippen LogP contribution in [-0.4, -0.2) is 19.2 Å². The molecule has 0 spiro atoms. The molecule has 0 saturated carbocycles. The zero-order valence-corrected chi connectivity index (χ0v) is 11.5. The van der Waals surface area contributed by atoms with Gasteiger partial charge in [-0.3, -0.25) is 0 Å². The number of anilines is 1. The molecule has 0 bridgehead atoms. The topological polar surface area (TPSA) is 43.4 Å². The van der Waals surface area contributed by atoms with Crippen molar-refractivity contribution in [3.05, 3.63) is 35.3 Å². The number of hydrogen-bond donors (Lipinski definition) is 1. The van der Waals surface area contributed by atoms with E-state index in [1.807, 2.05) is 23.6 Å². The van der Waals surface area contributed by atoms with Gasteiger partial charge in [0, 0.05) is 11.6 Å². The molecule has 2 aromatic rings. The number of rotatable bonds is 5. The van der Waals surface area contributed by atoms with Gasteiger partial charge in [0.2, 0.25) is 0 Å². The van der Waals surface area contributed by atoms with Gasteiger partial charge >= 0.3 is 0 Å². The van der Waals surface area contributed by atoms with E-state index >= 15 is 0 Å². The molecule has 1 aromatic heterocycles. The monoisotopic (exact) mass is 264 g/mol. The zero-order valence-electron chi connectivity index (χ0n) is 10.6. The van der Waals surface area contributed by atoms with Gasteiger partial charge < -0.3 is 14.8 Å². The molecule has 1 unspecified atom stereocenters. The minimum Gasteiger partial charge on any atom is -0.493 e. The van der Waals surface area contributed by atoms with Crippen LogP contribution in [0.1, 0.15) is 18.5 Å².